The van der Waals surface area contributed by atoms with Crippen molar-refractivity contribution in [3.05, 3.63) is 52.3 Å². The molecule has 1 heterocycles. The smallest absolute Gasteiger partial charge is 0.316 e. The van der Waals surface area contributed by atoms with E-state index in [1.165, 1.54) is 12.4 Å². The predicted molar refractivity (Wildman–Crippen MR) is 102 cm³/mol. The van der Waals surface area contributed by atoms with Crippen molar-refractivity contribution in [2.75, 3.05) is 0 Å². The van der Waals surface area contributed by atoms with Crippen LogP contribution in [-0.4, -0.2) is 28.0 Å². The van der Waals surface area contributed by atoms with Crippen molar-refractivity contribution in [1.82, 2.24) is 15.3 Å². The van der Waals surface area contributed by atoms with E-state index in [0.29, 0.717) is 28.9 Å². The van der Waals surface area contributed by atoms with Gasteiger partial charge >= 0.3 is 6.01 Å². The Kier molecular flexibility index (Phi) is 6.69. The minimum atomic E-state index is 0.0791. The number of halogens is 2. The molecule has 1 saturated carbocycles. The highest BCUT2D eigenvalue weighted by Crippen LogP contribution is 2.22. The fourth-order valence-electron chi connectivity index (χ4n) is 3.09. The Bertz CT molecular complexity index is 732. The molecule has 1 aliphatic rings. The standard InChI is InChI=1S/C19H21Cl2N3O2/c20-14-3-1-2-13(10-14)4-9-18(25)24-16-5-7-17(8-6-16)26-19-22-11-15(21)12-23-19/h1-3,10-12,16-17H,4-9H2,(H,24,25). The van der Waals surface area contributed by atoms with Crippen molar-refractivity contribution >= 4 is 29.1 Å². The molecule has 7 heteroatoms. The van der Waals surface area contributed by atoms with Gasteiger partial charge in [-0.05, 0) is 49.8 Å². The lowest BCUT2D eigenvalue weighted by atomic mass is 9.93. The molecular weight excluding hydrogens is 373 g/mol. The first kappa shape index (κ1) is 18.9. The number of carbonyl (C=O) groups is 1. The van der Waals surface area contributed by atoms with E-state index in [1.807, 2.05) is 24.3 Å². The lowest BCUT2D eigenvalue weighted by Crippen LogP contribution is -2.39. The third-order valence-corrected chi connectivity index (χ3v) is 4.87. The number of hydrogen-bond donors (Lipinski definition) is 1. The molecule has 1 aromatic carbocycles. The minimum absolute atomic E-state index is 0.0791. The van der Waals surface area contributed by atoms with Gasteiger partial charge < -0.3 is 10.1 Å². The molecule has 1 fully saturated rings. The number of rotatable bonds is 6. The third-order valence-electron chi connectivity index (χ3n) is 4.44. The summed E-state index contributed by atoms with van der Waals surface area (Å²) >= 11 is 11.7. The van der Waals surface area contributed by atoms with Gasteiger partial charge in [0.05, 0.1) is 17.4 Å². The SMILES string of the molecule is O=C(CCc1cccc(Cl)c1)NC1CCC(Oc2ncc(Cl)cn2)CC1. The summed E-state index contributed by atoms with van der Waals surface area (Å²) in [6.07, 6.45) is 7.80. The molecule has 0 spiro atoms. The molecule has 26 heavy (non-hydrogen) atoms. The van der Waals surface area contributed by atoms with Crippen LogP contribution in [0.2, 0.25) is 10.0 Å². The summed E-state index contributed by atoms with van der Waals surface area (Å²) in [5, 5.41) is 4.31. The summed E-state index contributed by atoms with van der Waals surface area (Å²) in [5.74, 6) is 0.0791. The molecule has 5 nitrogen and oxygen atoms in total. The van der Waals surface area contributed by atoms with Gasteiger partial charge in [0.15, 0.2) is 0 Å². The predicted octanol–water partition coefficient (Wildman–Crippen LogP) is 4.22. The number of amides is 1. The van der Waals surface area contributed by atoms with Gasteiger partial charge in [0, 0.05) is 17.5 Å². The van der Waals surface area contributed by atoms with E-state index in [1.54, 1.807) is 0 Å². The van der Waals surface area contributed by atoms with Crippen LogP contribution in [0.3, 0.4) is 0 Å². The maximum Gasteiger partial charge on any atom is 0.316 e. The van der Waals surface area contributed by atoms with Crippen LogP contribution >= 0.6 is 23.2 Å². The van der Waals surface area contributed by atoms with Crippen molar-refractivity contribution in [2.24, 2.45) is 0 Å². The summed E-state index contributed by atoms with van der Waals surface area (Å²) in [6.45, 7) is 0. The normalized spacial score (nSPS) is 19.8. The Balaban J connectivity index is 1.38. The van der Waals surface area contributed by atoms with E-state index in [4.69, 9.17) is 27.9 Å². The third kappa shape index (κ3) is 5.85. The van der Waals surface area contributed by atoms with Crippen LogP contribution in [-0.2, 0) is 11.2 Å². The lowest BCUT2D eigenvalue weighted by molar-refractivity contribution is -0.122. The van der Waals surface area contributed by atoms with Crippen LogP contribution in [0.25, 0.3) is 0 Å². The average molecular weight is 394 g/mol. The second-order valence-corrected chi connectivity index (χ2v) is 7.35. The summed E-state index contributed by atoms with van der Waals surface area (Å²) in [5.41, 5.74) is 1.08. The number of ether oxygens (including phenoxy) is 1. The molecule has 3 rings (SSSR count). The van der Waals surface area contributed by atoms with Crippen LogP contribution in [0.15, 0.2) is 36.7 Å². The van der Waals surface area contributed by atoms with Gasteiger partial charge in [0.2, 0.25) is 5.91 Å². The molecule has 0 radical (unpaired) electrons. The van der Waals surface area contributed by atoms with E-state index in [0.717, 1.165) is 31.2 Å². The monoisotopic (exact) mass is 393 g/mol. The zero-order chi connectivity index (χ0) is 18.4. The van der Waals surface area contributed by atoms with Gasteiger partial charge in [-0.1, -0.05) is 35.3 Å². The second-order valence-electron chi connectivity index (χ2n) is 6.47. The first-order chi connectivity index (χ1) is 12.6. The largest absolute Gasteiger partial charge is 0.460 e. The topological polar surface area (TPSA) is 64.1 Å². The van der Waals surface area contributed by atoms with Crippen LogP contribution in [0.1, 0.15) is 37.7 Å². The number of nitrogens with zero attached hydrogens (tertiary/aromatic N) is 2. The Morgan fingerprint density at radius 2 is 1.85 bits per heavy atom. The molecule has 1 amide bonds. The fraction of sp³-hybridized carbons (Fsp3) is 0.421. The summed E-state index contributed by atoms with van der Waals surface area (Å²) in [4.78, 5) is 20.3. The molecule has 1 aromatic heterocycles. The van der Waals surface area contributed by atoms with E-state index < -0.39 is 0 Å². The Labute approximate surface area is 163 Å². The molecule has 0 bridgehead atoms. The fourth-order valence-corrected chi connectivity index (χ4v) is 3.40. The molecular formula is C19H21Cl2N3O2. The summed E-state index contributed by atoms with van der Waals surface area (Å²) in [6, 6.07) is 8.18. The Morgan fingerprint density at radius 1 is 1.12 bits per heavy atom. The van der Waals surface area contributed by atoms with Crippen LogP contribution in [0.5, 0.6) is 6.01 Å². The first-order valence-electron chi connectivity index (χ1n) is 8.76. The molecule has 0 unspecified atom stereocenters. The van der Waals surface area contributed by atoms with Crippen molar-refractivity contribution in [1.29, 1.82) is 0 Å². The van der Waals surface area contributed by atoms with Crippen molar-refractivity contribution in [3.8, 4) is 6.01 Å². The highest BCUT2D eigenvalue weighted by Gasteiger charge is 2.24. The Hall–Kier alpha value is -1.85. The summed E-state index contributed by atoms with van der Waals surface area (Å²) in [7, 11) is 0. The van der Waals surface area contributed by atoms with Crippen LogP contribution in [0, 0.1) is 0 Å². The number of hydrogen-bond acceptors (Lipinski definition) is 4. The average Bonchev–Trinajstić information content (AvgIpc) is 2.64. The van der Waals surface area contributed by atoms with E-state index in [9.17, 15) is 4.79 Å². The molecule has 1 N–H and O–H groups in total. The number of aryl methyl sites for hydroxylation is 1. The molecule has 0 aliphatic heterocycles. The van der Waals surface area contributed by atoms with Crippen molar-refractivity contribution in [3.63, 3.8) is 0 Å². The molecule has 138 valence electrons. The summed E-state index contributed by atoms with van der Waals surface area (Å²) < 4.78 is 5.77. The zero-order valence-corrected chi connectivity index (χ0v) is 15.8. The molecule has 2 aromatic rings. The van der Waals surface area contributed by atoms with Crippen LogP contribution < -0.4 is 10.1 Å². The van der Waals surface area contributed by atoms with E-state index >= 15 is 0 Å². The van der Waals surface area contributed by atoms with Gasteiger partial charge in [-0.25, -0.2) is 9.97 Å². The quantitative estimate of drug-likeness (QED) is 0.797. The lowest BCUT2D eigenvalue weighted by Gasteiger charge is -2.28. The molecule has 1 aliphatic carbocycles. The maximum absolute atomic E-state index is 12.2. The van der Waals surface area contributed by atoms with Gasteiger partial charge in [-0.15, -0.1) is 0 Å². The number of benzene rings is 1. The highest BCUT2D eigenvalue weighted by atomic mass is 35.5. The van der Waals surface area contributed by atoms with E-state index in [-0.39, 0.29) is 18.1 Å². The van der Waals surface area contributed by atoms with Crippen molar-refractivity contribution in [2.45, 2.75) is 50.7 Å². The number of carbonyl (C=O) groups excluding carboxylic acids is 1. The minimum Gasteiger partial charge on any atom is -0.460 e. The zero-order valence-electron chi connectivity index (χ0n) is 14.3. The molecule has 0 saturated heterocycles. The van der Waals surface area contributed by atoms with Gasteiger partial charge in [-0.2, -0.15) is 0 Å². The second kappa shape index (κ2) is 9.19. The van der Waals surface area contributed by atoms with Crippen LogP contribution in [0.4, 0.5) is 0 Å². The van der Waals surface area contributed by atoms with Gasteiger partial charge in [0.1, 0.15) is 6.10 Å². The molecule has 0 atom stereocenters. The number of nitrogens with one attached hydrogen (secondary N) is 1. The number of aromatic nitrogens is 2. The highest BCUT2D eigenvalue weighted by molar-refractivity contribution is 6.30. The Morgan fingerprint density at radius 3 is 2.54 bits per heavy atom. The van der Waals surface area contributed by atoms with Gasteiger partial charge in [0.25, 0.3) is 0 Å². The van der Waals surface area contributed by atoms with Gasteiger partial charge in [-0.3, -0.25) is 4.79 Å². The van der Waals surface area contributed by atoms with Crippen molar-refractivity contribution < 1.29 is 9.53 Å². The maximum atomic E-state index is 12.2. The van der Waals surface area contributed by atoms with E-state index in [2.05, 4.69) is 15.3 Å². The first-order valence-corrected chi connectivity index (χ1v) is 9.52.